The van der Waals surface area contributed by atoms with Crippen molar-refractivity contribution in [1.29, 1.82) is 0 Å². The molecule has 1 aliphatic carbocycles. The number of aryl methyl sites for hydroxylation is 1. The molecule has 0 aromatic heterocycles. The smallest absolute Gasteiger partial charge is 0.325 e. The molecule has 3 rings (SSSR count). The second kappa shape index (κ2) is 8.76. The molecule has 0 radical (unpaired) electrons. The lowest BCUT2D eigenvalue weighted by atomic mass is 9.76. The summed E-state index contributed by atoms with van der Waals surface area (Å²) in [5, 5.41) is 5.80. The van der Waals surface area contributed by atoms with Crippen LogP contribution in [0.1, 0.15) is 63.5 Å². The van der Waals surface area contributed by atoms with Crippen molar-refractivity contribution in [2.45, 2.75) is 64.3 Å². The van der Waals surface area contributed by atoms with Crippen molar-refractivity contribution in [1.82, 2.24) is 15.5 Å². The number of carbonyl (C=O) groups is 3. The van der Waals surface area contributed by atoms with E-state index in [1.807, 2.05) is 24.3 Å². The van der Waals surface area contributed by atoms with E-state index in [-0.39, 0.29) is 18.4 Å². The zero-order valence-corrected chi connectivity index (χ0v) is 16.9. The van der Waals surface area contributed by atoms with Crippen molar-refractivity contribution in [2.75, 3.05) is 13.1 Å². The molecular weight excluding hydrogens is 354 g/mol. The summed E-state index contributed by atoms with van der Waals surface area (Å²) >= 11 is 0. The number of carbonyl (C=O) groups excluding carboxylic acids is 3. The number of unbranched alkanes of at least 4 members (excludes halogenated alkanes) is 1. The number of hydrogen-bond donors (Lipinski definition) is 2. The van der Waals surface area contributed by atoms with Crippen molar-refractivity contribution < 1.29 is 14.4 Å². The Hall–Kier alpha value is -2.37. The van der Waals surface area contributed by atoms with Crippen molar-refractivity contribution >= 4 is 17.8 Å². The summed E-state index contributed by atoms with van der Waals surface area (Å²) in [6.07, 6.45) is 6.66. The SMILES string of the molecule is CCCC[C@@H](CC)CNC(=O)CN1C(=O)N[C@]2(CCCc3ccccc32)C1=O. The molecule has 1 fully saturated rings. The summed E-state index contributed by atoms with van der Waals surface area (Å²) < 4.78 is 0. The van der Waals surface area contributed by atoms with E-state index >= 15 is 0 Å². The average molecular weight is 386 g/mol. The highest BCUT2D eigenvalue weighted by molar-refractivity contribution is 6.09. The third-order valence-corrected chi connectivity index (χ3v) is 6.08. The lowest BCUT2D eigenvalue weighted by Crippen LogP contribution is -2.47. The van der Waals surface area contributed by atoms with Crippen LogP contribution in [0.3, 0.4) is 0 Å². The molecule has 0 unspecified atom stereocenters. The maximum Gasteiger partial charge on any atom is 0.325 e. The zero-order valence-electron chi connectivity index (χ0n) is 16.9. The van der Waals surface area contributed by atoms with Crippen molar-refractivity contribution in [3.8, 4) is 0 Å². The highest BCUT2D eigenvalue weighted by atomic mass is 16.2. The molecule has 2 N–H and O–H groups in total. The van der Waals surface area contributed by atoms with Gasteiger partial charge in [-0.05, 0) is 42.7 Å². The Morgan fingerprint density at radius 2 is 2.07 bits per heavy atom. The van der Waals surface area contributed by atoms with Gasteiger partial charge in [-0.15, -0.1) is 0 Å². The third kappa shape index (κ3) is 3.91. The summed E-state index contributed by atoms with van der Waals surface area (Å²) in [4.78, 5) is 39.2. The van der Waals surface area contributed by atoms with E-state index in [0.717, 1.165) is 54.6 Å². The molecule has 4 amide bonds. The Kier molecular flexibility index (Phi) is 6.37. The maximum absolute atomic E-state index is 13.2. The molecule has 1 saturated heterocycles. The molecule has 2 atom stereocenters. The van der Waals surface area contributed by atoms with Crippen LogP contribution in [0.25, 0.3) is 0 Å². The first kappa shape index (κ1) is 20.4. The summed E-state index contributed by atoms with van der Waals surface area (Å²) in [6, 6.07) is 7.28. The van der Waals surface area contributed by atoms with Crippen LogP contribution in [0.15, 0.2) is 24.3 Å². The first-order valence-corrected chi connectivity index (χ1v) is 10.5. The van der Waals surface area contributed by atoms with Crippen LogP contribution >= 0.6 is 0 Å². The van der Waals surface area contributed by atoms with Gasteiger partial charge < -0.3 is 10.6 Å². The Labute approximate surface area is 167 Å². The van der Waals surface area contributed by atoms with Gasteiger partial charge in [0.05, 0.1) is 0 Å². The second-order valence-corrected chi connectivity index (χ2v) is 7.96. The zero-order chi connectivity index (χ0) is 20.1. The van der Waals surface area contributed by atoms with Crippen LogP contribution in [-0.4, -0.2) is 35.8 Å². The van der Waals surface area contributed by atoms with Gasteiger partial charge in [0, 0.05) is 6.54 Å². The Morgan fingerprint density at radius 3 is 2.82 bits per heavy atom. The molecule has 6 nitrogen and oxygen atoms in total. The number of hydrogen-bond acceptors (Lipinski definition) is 3. The summed E-state index contributed by atoms with van der Waals surface area (Å²) in [5.74, 6) is -0.152. The van der Waals surface area contributed by atoms with Gasteiger partial charge in [-0.25, -0.2) is 4.79 Å². The first-order valence-electron chi connectivity index (χ1n) is 10.5. The summed E-state index contributed by atoms with van der Waals surface area (Å²) in [6.45, 7) is 4.64. The molecule has 28 heavy (non-hydrogen) atoms. The van der Waals surface area contributed by atoms with Crippen LogP contribution in [0.5, 0.6) is 0 Å². The minimum Gasteiger partial charge on any atom is -0.354 e. The molecule has 152 valence electrons. The number of rotatable bonds is 8. The highest BCUT2D eigenvalue weighted by Gasteiger charge is 2.54. The Morgan fingerprint density at radius 1 is 1.29 bits per heavy atom. The van der Waals surface area contributed by atoms with Gasteiger partial charge >= 0.3 is 6.03 Å². The standard InChI is InChI=1S/C22H31N3O3/c1-3-5-9-16(4-2)14-23-19(26)15-25-20(27)22(24-21(25)28)13-8-11-17-10-6-7-12-18(17)22/h6-7,10,12,16H,3-5,8-9,11,13-15H2,1-2H3,(H,23,26)(H,24,28)/t16-,22+/m1/s1. The van der Waals surface area contributed by atoms with E-state index in [9.17, 15) is 14.4 Å². The summed E-state index contributed by atoms with van der Waals surface area (Å²) in [7, 11) is 0. The van der Waals surface area contributed by atoms with Crippen molar-refractivity contribution in [3.63, 3.8) is 0 Å². The fraction of sp³-hybridized carbons (Fsp3) is 0.591. The third-order valence-electron chi connectivity index (χ3n) is 6.08. The van der Waals surface area contributed by atoms with Gasteiger partial charge in [-0.1, -0.05) is 57.4 Å². The van der Waals surface area contributed by atoms with E-state index in [4.69, 9.17) is 0 Å². The van der Waals surface area contributed by atoms with E-state index in [1.165, 1.54) is 0 Å². The number of amides is 4. The number of urea groups is 1. The number of nitrogens with zero attached hydrogens (tertiary/aromatic N) is 1. The number of benzene rings is 1. The van der Waals surface area contributed by atoms with Gasteiger partial charge in [-0.2, -0.15) is 0 Å². The molecular formula is C22H31N3O3. The van der Waals surface area contributed by atoms with Gasteiger partial charge in [0.25, 0.3) is 5.91 Å². The summed E-state index contributed by atoms with van der Waals surface area (Å²) in [5.41, 5.74) is 0.947. The minimum atomic E-state index is -1.01. The molecule has 1 aromatic rings. The van der Waals surface area contributed by atoms with E-state index in [0.29, 0.717) is 18.9 Å². The van der Waals surface area contributed by atoms with Crippen molar-refractivity contribution in [3.05, 3.63) is 35.4 Å². The number of imide groups is 1. The maximum atomic E-state index is 13.2. The van der Waals surface area contributed by atoms with Crippen LogP contribution < -0.4 is 10.6 Å². The lowest BCUT2D eigenvalue weighted by molar-refractivity contribution is -0.135. The second-order valence-electron chi connectivity index (χ2n) is 7.96. The average Bonchev–Trinajstić information content (AvgIpc) is 2.93. The normalized spacial score (nSPS) is 22.1. The topological polar surface area (TPSA) is 78.5 Å². The fourth-order valence-corrected chi connectivity index (χ4v) is 4.36. The molecule has 1 aliphatic heterocycles. The predicted octanol–water partition coefficient (Wildman–Crippen LogP) is 3.10. The monoisotopic (exact) mass is 385 g/mol. The molecule has 0 bridgehead atoms. The van der Waals surface area contributed by atoms with Crippen LogP contribution in [0.2, 0.25) is 0 Å². The Bertz CT molecular complexity index is 748. The van der Waals surface area contributed by atoms with Crippen LogP contribution in [0, 0.1) is 5.92 Å². The van der Waals surface area contributed by atoms with Gasteiger partial charge in [0.15, 0.2) is 0 Å². The number of fused-ring (bicyclic) bond motifs is 2. The largest absolute Gasteiger partial charge is 0.354 e. The predicted molar refractivity (Wildman–Crippen MR) is 108 cm³/mol. The molecule has 6 heteroatoms. The van der Waals surface area contributed by atoms with Gasteiger partial charge in [0.1, 0.15) is 12.1 Å². The van der Waals surface area contributed by atoms with E-state index < -0.39 is 11.6 Å². The minimum absolute atomic E-state index is 0.223. The van der Waals surface area contributed by atoms with Gasteiger partial charge in [0.2, 0.25) is 5.91 Å². The van der Waals surface area contributed by atoms with Crippen molar-refractivity contribution in [2.24, 2.45) is 5.92 Å². The molecule has 1 heterocycles. The number of nitrogens with one attached hydrogen (secondary N) is 2. The van der Waals surface area contributed by atoms with Crippen LogP contribution in [-0.2, 0) is 21.5 Å². The fourth-order valence-electron chi connectivity index (χ4n) is 4.36. The molecule has 1 aromatic carbocycles. The van der Waals surface area contributed by atoms with Crippen LogP contribution in [0.4, 0.5) is 4.79 Å². The lowest BCUT2D eigenvalue weighted by Gasteiger charge is -2.33. The van der Waals surface area contributed by atoms with E-state index in [1.54, 1.807) is 0 Å². The van der Waals surface area contributed by atoms with E-state index in [2.05, 4.69) is 24.5 Å². The molecule has 1 spiro atoms. The first-order chi connectivity index (χ1) is 13.5. The van der Waals surface area contributed by atoms with Gasteiger partial charge in [-0.3, -0.25) is 14.5 Å². The Balaban J connectivity index is 1.66. The molecule has 0 saturated carbocycles. The quantitative estimate of drug-likeness (QED) is 0.675. The molecule has 2 aliphatic rings. The highest BCUT2D eigenvalue weighted by Crippen LogP contribution is 2.39.